The molecule has 3 aromatic rings. The highest BCUT2D eigenvalue weighted by Gasteiger charge is 2.35. The van der Waals surface area contributed by atoms with Gasteiger partial charge in [0.1, 0.15) is 12.6 Å². The van der Waals surface area contributed by atoms with Gasteiger partial charge in [-0.3, -0.25) is 13.9 Å². The Kier molecular flexibility index (Phi) is 10.6. The average molecular weight is 631 g/mol. The largest absolute Gasteiger partial charge is 0.352 e. The van der Waals surface area contributed by atoms with Gasteiger partial charge < -0.3 is 10.2 Å². The summed E-state index contributed by atoms with van der Waals surface area (Å²) >= 11 is 12.4. The Morgan fingerprint density at radius 3 is 2.24 bits per heavy atom. The molecular weight excluding hydrogens is 593 g/mol. The van der Waals surface area contributed by atoms with Gasteiger partial charge in [0.15, 0.2) is 0 Å². The standard InChI is InChI=1S/C32H37Cl2N3O4S/c1-4-29(32(39)35-25-10-6-7-11-25)36(20-24-15-18-27(33)28(34)19-24)31(38)21-37(30-12-8-5-9-23(30)3)42(40,41)26-16-13-22(2)14-17-26/h5,8-9,12-19,25,29H,4,6-7,10-11,20-21H2,1-3H3,(H,35,39)/t29-/m0/s1. The van der Waals surface area contributed by atoms with Crippen LogP contribution in [-0.4, -0.2) is 43.8 Å². The Morgan fingerprint density at radius 2 is 1.62 bits per heavy atom. The SMILES string of the molecule is CC[C@@H](C(=O)NC1CCCC1)N(Cc1ccc(Cl)c(Cl)c1)C(=O)CN(c1ccccc1C)S(=O)(=O)c1ccc(C)cc1. The van der Waals surface area contributed by atoms with Crippen molar-refractivity contribution in [1.29, 1.82) is 0 Å². The van der Waals surface area contributed by atoms with Crippen molar-refractivity contribution < 1.29 is 18.0 Å². The second-order valence-electron chi connectivity index (χ2n) is 10.8. The highest BCUT2D eigenvalue weighted by Crippen LogP contribution is 2.29. The molecule has 0 aliphatic heterocycles. The summed E-state index contributed by atoms with van der Waals surface area (Å²) in [6, 6.07) is 17.9. The van der Waals surface area contributed by atoms with Crippen LogP contribution in [-0.2, 0) is 26.2 Å². The molecule has 1 aliphatic carbocycles. The quantitative estimate of drug-likeness (QED) is 0.256. The van der Waals surface area contributed by atoms with Crippen LogP contribution in [0, 0.1) is 13.8 Å². The van der Waals surface area contributed by atoms with E-state index in [9.17, 15) is 18.0 Å². The molecule has 2 amide bonds. The molecule has 0 bridgehead atoms. The predicted molar refractivity (Wildman–Crippen MR) is 168 cm³/mol. The summed E-state index contributed by atoms with van der Waals surface area (Å²) < 4.78 is 29.2. The van der Waals surface area contributed by atoms with Gasteiger partial charge >= 0.3 is 0 Å². The summed E-state index contributed by atoms with van der Waals surface area (Å²) in [4.78, 5) is 29.3. The van der Waals surface area contributed by atoms with Crippen molar-refractivity contribution >= 4 is 50.7 Å². The monoisotopic (exact) mass is 629 g/mol. The highest BCUT2D eigenvalue weighted by atomic mass is 35.5. The van der Waals surface area contributed by atoms with Crippen LogP contribution in [0.1, 0.15) is 55.7 Å². The first kappa shape index (κ1) is 31.9. The first-order chi connectivity index (χ1) is 20.0. The third kappa shape index (κ3) is 7.46. The average Bonchev–Trinajstić information content (AvgIpc) is 3.47. The lowest BCUT2D eigenvalue weighted by Gasteiger charge is -2.34. The number of rotatable bonds is 11. The molecule has 1 saturated carbocycles. The van der Waals surface area contributed by atoms with E-state index in [4.69, 9.17) is 23.2 Å². The van der Waals surface area contributed by atoms with Crippen molar-refractivity contribution in [3.63, 3.8) is 0 Å². The first-order valence-electron chi connectivity index (χ1n) is 14.2. The zero-order valence-electron chi connectivity index (χ0n) is 24.1. The number of anilines is 1. The van der Waals surface area contributed by atoms with E-state index in [2.05, 4.69) is 5.32 Å². The van der Waals surface area contributed by atoms with Crippen molar-refractivity contribution in [2.45, 2.75) is 76.4 Å². The van der Waals surface area contributed by atoms with Gasteiger partial charge in [0.05, 0.1) is 20.6 Å². The number of aryl methyl sites for hydroxylation is 2. The van der Waals surface area contributed by atoms with E-state index in [-0.39, 0.29) is 23.4 Å². The molecule has 0 spiro atoms. The van der Waals surface area contributed by atoms with E-state index in [0.717, 1.165) is 35.6 Å². The normalized spacial score (nSPS) is 14.4. The van der Waals surface area contributed by atoms with E-state index in [1.807, 2.05) is 19.9 Å². The molecule has 1 fully saturated rings. The maximum atomic E-state index is 14.2. The summed E-state index contributed by atoms with van der Waals surface area (Å²) in [5.74, 6) is -0.755. The summed E-state index contributed by atoms with van der Waals surface area (Å²) in [6.07, 6.45) is 4.25. The molecule has 0 aromatic heterocycles. The Labute approximate surface area is 258 Å². The van der Waals surface area contributed by atoms with Gasteiger partial charge in [-0.05, 0) is 74.6 Å². The van der Waals surface area contributed by atoms with Gasteiger partial charge in [-0.25, -0.2) is 8.42 Å². The van der Waals surface area contributed by atoms with E-state index in [0.29, 0.717) is 33.3 Å². The molecule has 0 radical (unpaired) electrons. The molecule has 0 heterocycles. The van der Waals surface area contributed by atoms with Gasteiger partial charge in [0.25, 0.3) is 10.0 Å². The fraction of sp³-hybridized carbons (Fsp3) is 0.375. The summed E-state index contributed by atoms with van der Waals surface area (Å²) in [5, 5.41) is 3.82. The van der Waals surface area contributed by atoms with Crippen LogP contribution in [0.2, 0.25) is 10.0 Å². The smallest absolute Gasteiger partial charge is 0.264 e. The number of carbonyl (C=O) groups is 2. The van der Waals surface area contributed by atoms with Gasteiger partial charge in [0, 0.05) is 12.6 Å². The maximum absolute atomic E-state index is 14.2. The number of halogens is 2. The molecule has 1 N–H and O–H groups in total. The zero-order chi connectivity index (χ0) is 30.4. The summed E-state index contributed by atoms with van der Waals surface area (Å²) in [5.41, 5.74) is 2.68. The van der Waals surface area contributed by atoms with Crippen LogP contribution in [0.15, 0.2) is 71.6 Å². The first-order valence-corrected chi connectivity index (χ1v) is 16.4. The van der Waals surface area contributed by atoms with Gasteiger partial charge in [-0.1, -0.05) is 84.9 Å². The number of hydrogen-bond acceptors (Lipinski definition) is 4. The molecule has 7 nitrogen and oxygen atoms in total. The number of nitrogens with zero attached hydrogens (tertiary/aromatic N) is 2. The van der Waals surface area contributed by atoms with Gasteiger partial charge in [-0.2, -0.15) is 0 Å². The lowest BCUT2D eigenvalue weighted by Crippen LogP contribution is -2.53. The number of hydrogen-bond donors (Lipinski definition) is 1. The molecule has 42 heavy (non-hydrogen) atoms. The fourth-order valence-corrected chi connectivity index (χ4v) is 7.12. The van der Waals surface area contributed by atoms with Crippen LogP contribution >= 0.6 is 23.2 Å². The van der Waals surface area contributed by atoms with Crippen molar-refractivity contribution in [3.05, 3.63) is 93.5 Å². The summed E-state index contributed by atoms with van der Waals surface area (Å²) in [7, 11) is -4.13. The second-order valence-corrected chi connectivity index (χ2v) is 13.5. The Balaban J connectivity index is 1.73. The Bertz CT molecular complexity index is 1520. The number of amides is 2. The molecule has 4 rings (SSSR count). The van der Waals surface area contributed by atoms with E-state index in [1.54, 1.807) is 55.5 Å². The van der Waals surface area contributed by atoms with Crippen molar-refractivity contribution in [3.8, 4) is 0 Å². The van der Waals surface area contributed by atoms with Crippen LogP contribution in [0.25, 0.3) is 0 Å². The molecule has 1 atom stereocenters. The van der Waals surface area contributed by atoms with Crippen LogP contribution < -0.4 is 9.62 Å². The van der Waals surface area contributed by atoms with Gasteiger partial charge in [-0.15, -0.1) is 0 Å². The van der Waals surface area contributed by atoms with E-state index in [1.165, 1.54) is 17.0 Å². The lowest BCUT2D eigenvalue weighted by molar-refractivity contribution is -0.140. The number of sulfonamides is 1. The lowest BCUT2D eigenvalue weighted by atomic mass is 10.1. The summed E-state index contributed by atoms with van der Waals surface area (Å²) in [6.45, 7) is 5.08. The molecule has 10 heteroatoms. The number of para-hydroxylation sites is 1. The number of carbonyl (C=O) groups excluding carboxylic acids is 2. The zero-order valence-corrected chi connectivity index (χ0v) is 26.5. The van der Waals surface area contributed by atoms with E-state index < -0.39 is 28.5 Å². The van der Waals surface area contributed by atoms with Crippen LogP contribution in [0.3, 0.4) is 0 Å². The second kappa shape index (κ2) is 13.9. The predicted octanol–water partition coefficient (Wildman–Crippen LogP) is 6.67. The van der Waals surface area contributed by atoms with Crippen LogP contribution in [0.5, 0.6) is 0 Å². The third-order valence-electron chi connectivity index (χ3n) is 7.70. The minimum absolute atomic E-state index is 0.0541. The maximum Gasteiger partial charge on any atom is 0.264 e. The van der Waals surface area contributed by atoms with E-state index >= 15 is 0 Å². The molecular formula is C32H37Cl2N3O4S. The molecule has 0 saturated heterocycles. The van der Waals surface area contributed by atoms with Gasteiger partial charge in [0.2, 0.25) is 11.8 Å². The fourth-order valence-electron chi connectivity index (χ4n) is 5.32. The third-order valence-corrected chi connectivity index (χ3v) is 10.2. The molecule has 1 aliphatic rings. The minimum atomic E-state index is -4.13. The minimum Gasteiger partial charge on any atom is -0.352 e. The number of nitrogens with one attached hydrogen (secondary N) is 1. The Morgan fingerprint density at radius 1 is 0.952 bits per heavy atom. The molecule has 3 aromatic carbocycles. The number of benzene rings is 3. The molecule has 224 valence electrons. The van der Waals surface area contributed by atoms with Crippen molar-refractivity contribution in [2.75, 3.05) is 10.8 Å². The van der Waals surface area contributed by atoms with Crippen LogP contribution in [0.4, 0.5) is 5.69 Å². The highest BCUT2D eigenvalue weighted by molar-refractivity contribution is 7.92. The van der Waals surface area contributed by atoms with Crippen molar-refractivity contribution in [1.82, 2.24) is 10.2 Å². The Hall–Kier alpha value is -3.07. The topological polar surface area (TPSA) is 86.8 Å². The van der Waals surface area contributed by atoms with Crippen molar-refractivity contribution in [2.24, 2.45) is 0 Å². The molecule has 0 unspecified atom stereocenters.